The van der Waals surface area contributed by atoms with Crippen LogP contribution in [0.4, 0.5) is 0 Å². The van der Waals surface area contributed by atoms with Crippen molar-refractivity contribution in [2.45, 2.75) is 126 Å². The normalized spacial score (nSPS) is 30.4. The van der Waals surface area contributed by atoms with Crippen LogP contribution < -0.4 is 5.43 Å². The zero-order valence-electron chi connectivity index (χ0n) is 26.6. The second-order valence-corrected chi connectivity index (χ2v) is 12.6. The first-order valence-electron chi connectivity index (χ1n) is 15.1. The summed E-state index contributed by atoms with van der Waals surface area (Å²) < 4.78 is 26.3. The highest BCUT2D eigenvalue weighted by Crippen LogP contribution is 2.52. The van der Waals surface area contributed by atoms with E-state index in [2.05, 4.69) is 6.92 Å². The van der Waals surface area contributed by atoms with Gasteiger partial charge >= 0.3 is 5.97 Å². The van der Waals surface area contributed by atoms with Crippen LogP contribution in [0.15, 0.2) is 20.5 Å². The number of carbonyl (C=O) groups excluding carboxylic acids is 2. The second kappa shape index (κ2) is 12.2. The van der Waals surface area contributed by atoms with E-state index in [1.165, 1.54) is 0 Å². The molecule has 1 saturated heterocycles. The van der Waals surface area contributed by atoms with Crippen LogP contribution in [-0.2, 0) is 30.2 Å². The third-order valence-electron chi connectivity index (χ3n) is 9.32. The SMILES string of the molecule is CCc1oc([C@H](C)[C@@H]2O[C@@]3(OC([C@H](C)CC)=C(C)C(=O)[C@H]3C)[C@@H](C)[C@@H](OC(=O)CC(C)C)[C@@H]2C)c(C)c(=O)c1C. The summed E-state index contributed by atoms with van der Waals surface area (Å²) in [7, 11) is 0. The second-order valence-electron chi connectivity index (χ2n) is 12.6. The Balaban J connectivity index is 2.19. The molecule has 0 amide bonds. The van der Waals surface area contributed by atoms with E-state index in [1.54, 1.807) is 13.8 Å². The lowest BCUT2D eigenvalue weighted by Gasteiger charge is -2.56. The maximum absolute atomic E-state index is 13.7. The van der Waals surface area contributed by atoms with Crippen LogP contribution >= 0.6 is 0 Å². The Morgan fingerprint density at radius 2 is 1.62 bits per heavy atom. The van der Waals surface area contributed by atoms with Gasteiger partial charge in [0.05, 0.1) is 17.9 Å². The van der Waals surface area contributed by atoms with Crippen molar-refractivity contribution < 1.29 is 28.2 Å². The molecule has 0 saturated carbocycles. The number of hydrogen-bond acceptors (Lipinski definition) is 7. The van der Waals surface area contributed by atoms with Crippen LogP contribution in [0.1, 0.15) is 111 Å². The summed E-state index contributed by atoms with van der Waals surface area (Å²) in [6.07, 6.45) is 0.573. The molecule has 3 rings (SSSR count). The van der Waals surface area contributed by atoms with Gasteiger partial charge in [-0.15, -0.1) is 0 Å². The first-order valence-corrected chi connectivity index (χ1v) is 15.1. The Morgan fingerprint density at radius 1 is 1.00 bits per heavy atom. The minimum atomic E-state index is -1.34. The molecule has 0 radical (unpaired) electrons. The van der Waals surface area contributed by atoms with Gasteiger partial charge in [-0.05, 0) is 40.0 Å². The minimum absolute atomic E-state index is 0.0192. The Morgan fingerprint density at radius 3 is 2.17 bits per heavy atom. The molecule has 1 spiro atoms. The molecule has 0 aromatic carbocycles. The van der Waals surface area contributed by atoms with Gasteiger partial charge in [-0.25, -0.2) is 0 Å². The highest BCUT2D eigenvalue weighted by molar-refractivity contribution is 5.98. The number of rotatable bonds is 8. The average Bonchev–Trinajstić information content (AvgIpc) is 2.91. The molecular weight excluding hydrogens is 508 g/mol. The fourth-order valence-corrected chi connectivity index (χ4v) is 6.56. The van der Waals surface area contributed by atoms with Gasteiger partial charge in [-0.1, -0.05) is 55.4 Å². The Labute approximate surface area is 240 Å². The van der Waals surface area contributed by atoms with E-state index in [0.717, 1.165) is 6.42 Å². The number of esters is 1. The van der Waals surface area contributed by atoms with E-state index < -0.39 is 29.8 Å². The van der Waals surface area contributed by atoms with Crippen molar-refractivity contribution in [1.29, 1.82) is 0 Å². The van der Waals surface area contributed by atoms with Crippen molar-refractivity contribution in [2.75, 3.05) is 0 Å². The van der Waals surface area contributed by atoms with E-state index in [1.807, 2.05) is 62.3 Å². The van der Waals surface area contributed by atoms with Crippen LogP contribution in [0.5, 0.6) is 0 Å². The third-order valence-corrected chi connectivity index (χ3v) is 9.32. The summed E-state index contributed by atoms with van der Waals surface area (Å²) in [6, 6.07) is 0. The van der Waals surface area contributed by atoms with Crippen LogP contribution in [0.3, 0.4) is 0 Å². The molecule has 1 aromatic heterocycles. The van der Waals surface area contributed by atoms with Gasteiger partial charge in [0.25, 0.3) is 0 Å². The molecule has 224 valence electrons. The topological polar surface area (TPSA) is 92.0 Å². The molecule has 0 N–H and O–H groups in total. The lowest BCUT2D eigenvalue weighted by Crippen LogP contribution is -2.65. The van der Waals surface area contributed by atoms with Crippen LogP contribution in [0, 0.1) is 43.4 Å². The number of Topliss-reactive ketones (excluding diaryl/α,β-unsaturated/α-hetero) is 1. The van der Waals surface area contributed by atoms with Crippen molar-refractivity contribution in [3.63, 3.8) is 0 Å². The van der Waals surface area contributed by atoms with Crippen molar-refractivity contribution in [1.82, 2.24) is 0 Å². The molecule has 2 aliphatic heterocycles. The van der Waals surface area contributed by atoms with Gasteiger partial charge in [-0.3, -0.25) is 14.4 Å². The summed E-state index contributed by atoms with van der Waals surface area (Å²) in [5.41, 5.74) is 1.75. The minimum Gasteiger partial charge on any atom is -0.465 e. The number of ether oxygens (including phenoxy) is 3. The predicted octanol–water partition coefficient (Wildman–Crippen LogP) is 6.80. The third kappa shape index (κ3) is 5.55. The van der Waals surface area contributed by atoms with Crippen molar-refractivity contribution in [3.05, 3.63) is 44.2 Å². The van der Waals surface area contributed by atoms with Gasteiger partial charge in [-0.2, -0.15) is 0 Å². The Hall–Kier alpha value is -2.41. The number of ketones is 1. The van der Waals surface area contributed by atoms with Gasteiger partial charge in [0.2, 0.25) is 5.79 Å². The lowest BCUT2D eigenvalue weighted by atomic mass is 9.70. The fraction of sp³-hybridized carbons (Fsp3) is 0.727. The smallest absolute Gasteiger partial charge is 0.306 e. The zero-order valence-corrected chi connectivity index (χ0v) is 26.6. The lowest BCUT2D eigenvalue weighted by molar-refractivity contribution is -0.347. The molecule has 7 nitrogen and oxygen atoms in total. The highest BCUT2D eigenvalue weighted by Gasteiger charge is 2.62. The number of hydrogen-bond donors (Lipinski definition) is 0. The monoisotopic (exact) mass is 558 g/mol. The Kier molecular flexibility index (Phi) is 9.81. The maximum Gasteiger partial charge on any atom is 0.306 e. The molecule has 0 aliphatic carbocycles. The molecule has 3 heterocycles. The molecule has 1 fully saturated rings. The molecular formula is C33H50O7. The molecule has 40 heavy (non-hydrogen) atoms. The van der Waals surface area contributed by atoms with Crippen LogP contribution in [0.25, 0.3) is 0 Å². The van der Waals surface area contributed by atoms with Gasteiger partial charge in [0.15, 0.2) is 11.2 Å². The van der Waals surface area contributed by atoms with Gasteiger partial charge in [0, 0.05) is 47.3 Å². The van der Waals surface area contributed by atoms with Gasteiger partial charge in [0.1, 0.15) is 23.4 Å². The van der Waals surface area contributed by atoms with E-state index in [0.29, 0.717) is 46.8 Å². The van der Waals surface area contributed by atoms with Crippen molar-refractivity contribution in [3.8, 4) is 0 Å². The molecule has 0 unspecified atom stereocenters. The van der Waals surface area contributed by atoms with Crippen molar-refractivity contribution >= 4 is 11.8 Å². The summed E-state index contributed by atoms with van der Waals surface area (Å²) in [4.78, 5) is 39.9. The van der Waals surface area contributed by atoms with E-state index in [-0.39, 0.29) is 40.9 Å². The molecule has 0 bridgehead atoms. The molecule has 1 aromatic rings. The molecule has 8 atom stereocenters. The van der Waals surface area contributed by atoms with Crippen molar-refractivity contribution in [2.24, 2.45) is 29.6 Å². The summed E-state index contributed by atoms with van der Waals surface area (Å²) >= 11 is 0. The fourth-order valence-electron chi connectivity index (χ4n) is 6.56. The first kappa shape index (κ1) is 32.1. The standard InChI is InChI=1S/C33H50O7/c1-13-17(5)29-20(8)28(36)23(11)33(39-29)24(12)32(38-26(34)15-16(3)4)22(10)31(40-33)21(9)30-19(7)27(35)18(6)25(14-2)37-30/h16-17,21-24,31-32H,13-15H2,1-12H3/t17-,21+,22-,23-,24+,31+,32+,33-/m1/s1. The molecule has 7 heteroatoms. The predicted molar refractivity (Wildman–Crippen MR) is 155 cm³/mol. The number of carbonyl (C=O) groups is 2. The van der Waals surface area contributed by atoms with Gasteiger partial charge < -0.3 is 18.6 Å². The van der Waals surface area contributed by atoms with E-state index in [4.69, 9.17) is 18.6 Å². The highest BCUT2D eigenvalue weighted by atomic mass is 16.7. The van der Waals surface area contributed by atoms with E-state index in [9.17, 15) is 14.4 Å². The average molecular weight is 559 g/mol. The summed E-state index contributed by atoms with van der Waals surface area (Å²) in [5, 5.41) is 0. The zero-order chi connectivity index (χ0) is 30.3. The molecule has 2 aliphatic rings. The van der Waals surface area contributed by atoms with E-state index >= 15 is 0 Å². The maximum atomic E-state index is 13.7. The van der Waals surface area contributed by atoms with Crippen LogP contribution in [0.2, 0.25) is 0 Å². The number of allylic oxidation sites excluding steroid dienone is 2. The summed E-state index contributed by atoms with van der Waals surface area (Å²) in [6.45, 7) is 23.2. The largest absolute Gasteiger partial charge is 0.465 e. The quantitative estimate of drug-likeness (QED) is 0.324. The Bertz CT molecular complexity index is 1210. The summed E-state index contributed by atoms with van der Waals surface area (Å²) in [5.74, 6) is -1.30. The van der Waals surface area contributed by atoms with Crippen LogP contribution in [-0.4, -0.2) is 29.7 Å². The number of aryl methyl sites for hydroxylation is 1. The first-order chi connectivity index (χ1) is 18.6.